The van der Waals surface area contributed by atoms with Crippen molar-refractivity contribution < 1.29 is 9.36 Å². The Balaban J connectivity index is 1.77. The van der Waals surface area contributed by atoms with E-state index in [-0.39, 0.29) is 12.3 Å². The zero-order chi connectivity index (χ0) is 17.1. The summed E-state index contributed by atoms with van der Waals surface area (Å²) in [7, 11) is 0. The molecule has 0 aliphatic carbocycles. The van der Waals surface area contributed by atoms with Crippen LogP contribution in [0.15, 0.2) is 61.1 Å². The first-order chi connectivity index (χ1) is 11.5. The number of hydrogen-bond acceptors (Lipinski definition) is 2. The molecule has 0 amide bonds. The van der Waals surface area contributed by atoms with Crippen molar-refractivity contribution in [2.45, 2.75) is 20.4 Å². The molecule has 120 valence electrons. The standard InChI is InChI=1S/C20H18ClN2O/c1-14-3-8-18(15(2)11-14)19-9-10-23(13-22-19)12-20(24)16-4-6-17(21)7-5-16/h3-11,13H,12H2,1-2H3/q+1. The number of nitrogens with zero attached hydrogens (tertiary/aromatic N) is 2. The molecule has 1 heterocycles. The highest BCUT2D eigenvalue weighted by molar-refractivity contribution is 6.30. The second kappa shape index (κ2) is 6.93. The molecule has 3 aromatic rings. The molecule has 0 N–H and O–H groups in total. The minimum absolute atomic E-state index is 0.0257. The number of halogens is 1. The molecule has 0 saturated heterocycles. The minimum atomic E-state index is 0.0257. The van der Waals surface area contributed by atoms with Crippen LogP contribution in [0.3, 0.4) is 0 Å². The first-order valence-corrected chi connectivity index (χ1v) is 8.12. The average molecular weight is 338 g/mol. The van der Waals surface area contributed by atoms with E-state index in [1.54, 1.807) is 35.2 Å². The van der Waals surface area contributed by atoms with Gasteiger partial charge in [-0.1, -0.05) is 35.4 Å². The lowest BCUT2D eigenvalue weighted by atomic mass is 10.0. The van der Waals surface area contributed by atoms with Gasteiger partial charge in [0.2, 0.25) is 5.78 Å². The molecular formula is C20H18ClN2O+. The second-order valence-electron chi connectivity index (χ2n) is 5.87. The van der Waals surface area contributed by atoms with Gasteiger partial charge in [-0.25, -0.2) is 4.57 Å². The molecule has 3 rings (SSSR count). The summed E-state index contributed by atoms with van der Waals surface area (Å²) < 4.78 is 1.78. The minimum Gasteiger partial charge on any atom is -0.290 e. The number of ketones is 1. The van der Waals surface area contributed by atoms with Gasteiger partial charge in [-0.3, -0.25) is 4.79 Å². The average Bonchev–Trinajstić information content (AvgIpc) is 2.56. The predicted octanol–water partition coefficient (Wildman–Crippen LogP) is 4.19. The molecule has 0 aliphatic heterocycles. The third-order valence-corrected chi connectivity index (χ3v) is 4.17. The van der Waals surface area contributed by atoms with Gasteiger partial charge in [0.1, 0.15) is 0 Å². The fourth-order valence-corrected chi connectivity index (χ4v) is 2.76. The van der Waals surface area contributed by atoms with E-state index in [0.717, 1.165) is 11.3 Å². The molecule has 0 bridgehead atoms. The first kappa shape index (κ1) is 16.3. The molecule has 24 heavy (non-hydrogen) atoms. The summed E-state index contributed by atoms with van der Waals surface area (Å²) in [5.41, 5.74) is 5.08. The van der Waals surface area contributed by atoms with Gasteiger partial charge in [0, 0.05) is 22.2 Å². The highest BCUT2D eigenvalue weighted by Gasteiger charge is 2.13. The SMILES string of the molecule is Cc1ccc(-c2cc[n+](CC(=O)c3ccc(Cl)cc3)cn2)c(C)c1. The maximum Gasteiger partial charge on any atom is 0.287 e. The molecule has 0 radical (unpaired) electrons. The number of carbonyl (C=O) groups excluding carboxylic acids is 1. The lowest BCUT2D eigenvalue weighted by molar-refractivity contribution is -0.686. The van der Waals surface area contributed by atoms with E-state index in [1.165, 1.54) is 11.1 Å². The third kappa shape index (κ3) is 3.69. The fraction of sp³-hybridized carbons (Fsp3) is 0.150. The Morgan fingerprint density at radius 3 is 2.46 bits per heavy atom. The monoisotopic (exact) mass is 337 g/mol. The summed E-state index contributed by atoms with van der Waals surface area (Å²) in [6.45, 7) is 4.41. The molecular weight excluding hydrogens is 320 g/mol. The molecule has 0 atom stereocenters. The van der Waals surface area contributed by atoms with Crippen LogP contribution in [0.4, 0.5) is 0 Å². The van der Waals surface area contributed by atoms with Gasteiger partial charge in [0.25, 0.3) is 6.33 Å². The Morgan fingerprint density at radius 2 is 1.83 bits per heavy atom. The summed E-state index contributed by atoms with van der Waals surface area (Å²) in [6, 6.07) is 15.2. The van der Waals surface area contributed by atoms with Gasteiger partial charge in [0.05, 0.1) is 6.20 Å². The van der Waals surface area contributed by atoms with Gasteiger partial charge in [-0.15, -0.1) is 0 Å². The Kier molecular flexibility index (Phi) is 4.72. The van der Waals surface area contributed by atoms with Crippen molar-refractivity contribution in [3.63, 3.8) is 0 Å². The topological polar surface area (TPSA) is 33.8 Å². The molecule has 0 aliphatic rings. The van der Waals surface area contributed by atoms with Gasteiger partial charge < -0.3 is 0 Å². The molecule has 2 aromatic carbocycles. The van der Waals surface area contributed by atoms with Crippen LogP contribution in [-0.2, 0) is 6.54 Å². The van der Waals surface area contributed by atoms with Crippen molar-refractivity contribution >= 4 is 17.4 Å². The van der Waals surface area contributed by atoms with Crippen LogP contribution in [0.2, 0.25) is 5.02 Å². The van der Waals surface area contributed by atoms with Crippen molar-refractivity contribution in [1.82, 2.24) is 4.98 Å². The Labute approximate surface area is 146 Å². The molecule has 3 nitrogen and oxygen atoms in total. The predicted molar refractivity (Wildman–Crippen MR) is 95.1 cm³/mol. The van der Waals surface area contributed by atoms with E-state index in [4.69, 9.17) is 11.6 Å². The maximum atomic E-state index is 12.3. The number of aryl methyl sites for hydroxylation is 2. The smallest absolute Gasteiger partial charge is 0.287 e. The van der Waals surface area contributed by atoms with E-state index in [9.17, 15) is 4.79 Å². The highest BCUT2D eigenvalue weighted by atomic mass is 35.5. The second-order valence-corrected chi connectivity index (χ2v) is 6.30. The van der Waals surface area contributed by atoms with Crippen LogP contribution in [-0.4, -0.2) is 10.8 Å². The van der Waals surface area contributed by atoms with Gasteiger partial charge in [0.15, 0.2) is 12.2 Å². The van der Waals surface area contributed by atoms with Gasteiger partial charge in [-0.2, -0.15) is 0 Å². The Bertz CT molecular complexity index is 871. The number of aromatic nitrogens is 2. The van der Waals surface area contributed by atoms with Crippen LogP contribution < -0.4 is 4.57 Å². The van der Waals surface area contributed by atoms with Crippen molar-refractivity contribution in [2.24, 2.45) is 0 Å². The number of benzene rings is 2. The zero-order valence-electron chi connectivity index (χ0n) is 13.7. The summed E-state index contributed by atoms with van der Waals surface area (Å²) in [6.07, 6.45) is 3.58. The molecule has 1 aromatic heterocycles. The van der Waals surface area contributed by atoms with Crippen molar-refractivity contribution in [1.29, 1.82) is 0 Å². The molecule has 0 unspecified atom stereocenters. The summed E-state index contributed by atoms with van der Waals surface area (Å²) >= 11 is 5.85. The van der Waals surface area contributed by atoms with Crippen LogP contribution >= 0.6 is 11.6 Å². The number of Topliss-reactive ketones (excluding diaryl/α,β-unsaturated/α-hetero) is 1. The largest absolute Gasteiger partial charge is 0.290 e. The van der Waals surface area contributed by atoms with Crippen LogP contribution in [0, 0.1) is 13.8 Å². The third-order valence-electron chi connectivity index (χ3n) is 3.92. The van der Waals surface area contributed by atoms with E-state index in [0.29, 0.717) is 10.6 Å². The number of carbonyl (C=O) groups is 1. The lowest BCUT2D eigenvalue weighted by Crippen LogP contribution is -2.37. The quantitative estimate of drug-likeness (QED) is 0.528. The molecule has 0 fully saturated rings. The summed E-state index contributed by atoms with van der Waals surface area (Å²) in [5.74, 6) is 0.0257. The Hall–Kier alpha value is -2.52. The summed E-state index contributed by atoms with van der Waals surface area (Å²) in [4.78, 5) is 16.8. The van der Waals surface area contributed by atoms with Gasteiger partial charge in [-0.05, 0) is 48.7 Å². The van der Waals surface area contributed by atoms with Crippen LogP contribution in [0.1, 0.15) is 21.5 Å². The van der Waals surface area contributed by atoms with Crippen LogP contribution in [0.5, 0.6) is 0 Å². The van der Waals surface area contributed by atoms with Crippen molar-refractivity contribution in [3.05, 3.63) is 82.8 Å². The van der Waals surface area contributed by atoms with E-state index < -0.39 is 0 Å². The molecule has 0 spiro atoms. The van der Waals surface area contributed by atoms with Crippen molar-refractivity contribution in [3.8, 4) is 11.3 Å². The van der Waals surface area contributed by atoms with Crippen molar-refractivity contribution in [2.75, 3.05) is 0 Å². The van der Waals surface area contributed by atoms with Gasteiger partial charge >= 0.3 is 0 Å². The van der Waals surface area contributed by atoms with Crippen LogP contribution in [0.25, 0.3) is 11.3 Å². The Morgan fingerprint density at radius 1 is 1.08 bits per heavy atom. The first-order valence-electron chi connectivity index (χ1n) is 7.74. The normalized spacial score (nSPS) is 10.6. The number of hydrogen-bond donors (Lipinski definition) is 0. The maximum absolute atomic E-state index is 12.3. The van der Waals surface area contributed by atoms with E-state index >= 15 is 0 Å². The molecule has 0 saturated carbocycles. The fourth-order valence-electron chi connectivity index (χ4n) is 2.63. The molecule has 4 heteroatoms. The summed E-state index contributed by atoms with van der Waals surface area (Å²) in [5, 5.41) is 0.624. The van der Waals surface area contributed by atoms with E-state index in [1.807, 2.05) is 12.3 Å². The van der Waals surface area contributed by atoms with E-state index in [2.05, 4.69) is 37.0 Å². The zero-order valence-corrected chi connectivity index (χ0v) is 14.4. The highest BCUT2D eigenvalue weighted by Crippen LogP contribution is 2.21. The number of rotatable bonds is 4. The lowest BCUT2D eigenvalue weighted by Gasteiger charge is -2.04.